The summed E-state index contributed by atoms with van der Waals surface area (Å²) >= 11 is 6.19. The van der Waals surface area contributed by atoms with Crippen molar-refractivity contribution in [2.24, 2.45) is 0 Å². The molecule has 0 N–H and O–H groups in total. The lowest BCUT2D eigenvalue weighted by Gasteiger charge is -2.28. The van der Waals surface area contributed by atoms with Crippen LogP contribution in [-0.2, 0) is 19.5 Å². The van der Waals surface area contributed by atoms with Gasteiger partial charge in [0.1, 0.15) is 5.82 Å². The van der Waals surface area contributed by atoms with Crippen molar-refractivity contribution >= 4 is 11.6 Å². The molecule has 0 saturated carbocycles. The summed E-state index contributed by atoms with van der Waals surface area (Å²) in [4.78, 5) is 15.6. The van der Waals surface area contributed by atoms with Crippen LogP contribution in [-0.4, -0.2) is 26.4 Å². The van der Waals surface area contributed by atoms with Gasteiger partial charge in [-0.2, -0.15) is 0 Å². The van der Waals surface area contributed by atoms with Crippen molar-refractivity contribution in [1.29, 1.82) is 0 Å². The Kier molecular flexibility index (Phi) is 4.17. The van der Waals surface area contributed by atoms with E-state index in [-0.39, 0.29) is 0 Å². The number of halogens is 1. The van der Waals surface area contributed by atoms with Gasteiger partial charge in [0.15, 0.2) is 0 Å². The number of hydrogen-bond donors (Lipinski definition) is 0. The third kappa shape index (κ3) is 3.22. The van der Waals surface area contributed by atoms with E-state index in [2.05, 4.69) is 28.7 Å². The fourth-order valence-electron chi connectivity index (χ4n) is 2.58. The van der Waals surface area contributed by atoms with Gasteiger partial charge in [0.25, 0.3) is 0 Å². The summed E-state index contributed by atoms with van der Waals surface area (Å²) < 4.78 is 0. The van der Waals surface area contributed by atoms with Gasteiger partial charge in [-0.25, -0.2) is 9.97 Å². The summed E-state index contributed by atoms with van der Waals surface area (Å²) in [7, 11) is 0. The molecule has 0 radical (unpaired) electrons. The molecule has 0 atom stereocenters. The van der Waals surface area contributed by atoms with E-state index < -0.39 is 0 Å². The van der Waals surface area contributed by atoms with Gasteiger partial charge in [-0.1, -0.05) is 25.4 Å². The molecule has 21 heavy (non-hydrogen) atoms. The number of pyridine rings is 1. The largest absolute Gasteiger partial charge is 0.294 e. The standard InChI is InChI=1S/C16H19ClN4/c1-11(2)16-19-7-13-10-21(6-4-15(13)20-16)9-12-3-5-18-8-14(12)17/h3,5,7-8,11H,4,6,9-10H2,1-2H3. The van der Waals surface area contributed by atoms with Crippen molar-refractivity contribution in [2.45, 2.75) is 39.3 Å². The zero-order chi connectivity index (χ0) is 14.8. The Morgan fingerprint density at radius 2 is 2.19 bits per heavy atom. The molecule has 2 aromatic heterocycles. The lowest BCUT2D eigenvalue weighted by atomic mass is 10.1. The molecule has 0 bridgehead atoms. The minimum atomic E-state index is 0.379. The molecule has 110 valence electrons. The minimum absolute atomic E-state index is 0.379. The summed E-state index contributed by atoms with van der Waals surface area (Å²) in [6.45, 7) is 6.98. The van der Waals surface area contributed by atoms with Crippen LogP contribution in [0.2, 0.25) is 5.02 Å². The molecule has 3 rings (SSSR count). The molecule has 0 spiro atoms. The van der Waals surface area contributed by atoms with Crippen LogP contribution in [0.5, 0.6) is 0 Å². The number of fused-ring (bicyclic) bond motifs is 1. The molecule has 2 aromatic rings. The molecular weight excluding hydrogens is 284 g/mol. The minimum Gasteiger partial charge on any atom is -0.294 e. The van der Waals surface area contributed by atoms with Crippen molar-refractivity contribution in [3.05, 3.63) is 52.3 Å². The van der Waals surface area contributed by atoms with E-state index in [1.165, 1.54) is 11.3 Å². The molecule has 0 amide bonds. The van der Waals surface area contributed by atoms with Crippen LogP contribution in [0.1, 0.15) is 42.4 Å². The maximum absolute atomic E-state index is 6.19. The summed E-state index contributed by atoms with van der Waals surface area (Å²) in [5, 5.41) is 0.731. The first-order valence-electron chi connectivity index (χ1n) is 7.29. The summed E-state index contributed by atoms with van der Waals surface area (Å²) in [6.07, 6.45) is 6.45. The highest BCUT2D eigenvalue weighted by molar-refractivity contribution is 6.31. The van der Waals surface area contributed by atoms with E-state index in [9.17, 15) is 0 Å². The monoisotopic (exact) mass is 302 g/mol. The Bertz CT molecular complexity index is 642. The molecule has 3 heterocycles. The first-order chi connectivity index (χ1) is 10.1. The number of hydrogen-bond acceptors (Lipinski definition) is 4. The molecule has 1 aliphatic rings. The van der Waals surface area contributed by atoms with Crippen LogP contribution in [0, 0.1) is 0 Å². The highest BCUT2D eigenvalue weighted by atomic mass is 35.5. The first kappa shape index (κ1) is 14.4. The quantitative estimate of drug-likeness (QED) is 0.873. The second kappa shape index (κ2) is 6.08. The maximum atomic E-state index is 6.19. The first-order valence-corrected chi connectivity index (χ1v) is 7.66. The molecule has 0 fully saturated rings. The van der Waals surface area contributed by atoms with Crippen LogP contribution >= 0.6 is 11.6 Å². The summed E-state index contributed by atoms with van der Waals surface area (Å²) in [6, 6.07) is 1.98. The second-order valence-corrected chi connectivity index (χ2v) is 6.19. The Morgan fingerprint density at radius 1 is 1.33 bits per heavy atom. The van der Waals surface area contributed by atoms with Crippen molar-refractivity contribution in [1.82, 2.24) is 19.9 Å². The molecule has 0 aromatic carbocycles. The average molecular weight is 303 g/mol. The average Bonchev–Trinajstić information content (AvgIpc) is 2.49. The van der Waals surface area contributed by atoms with Gasteiger partial charge >= 0.3 is 0 Å². The smallest absolute Gasteiger partial charge is 0.131 e. The van der Waals surface area contributed by atoms with Crippen molar-refractivity contribution < 1.29 is 0 Å². The van der Waals surface area contributed by atoms with Crippen LogP contribution in [0.4, 0.5) is 0 Å². The van der Waals surface area contributed by atoms with Gasteiger partial charge in [-0.15, -0.1) is 0 Å². The molecule has 4 nitrogen and oxygen atoms in total. The van der Waals surface area contributed by atoms with Crippen molar-refractivity contribution in [3.8, 4) is 0 Å². The molecule has 1 aliphatic heterocycles. The molecular formula is C16H19ClN4. The Labute approximate surface area is 130 Å². The SMILES string of the molecule is CC(C)c1ncc2c(n1)CCN(Cc1ccncc1Cl)C2. The van der Waals surface area contributed by atoms with Gasteiger partial charge in [-0.05, 0) is 11.6 Å². The van der Waals surface area contributed by atoms with Gasteiger partial charge in [0.05, 0.1) is 5.02 Å². The zero-order valence-electron chi connectivity index (χ0n) is 12.4. The fraction of sp³-hybridized carbons (Fsp3) is 0.438. The normalized spacial score (nSPS) is 15.2. The number of nitrogens with zero attached hydrogens (tertiary/aromatic N) is 4. The summed E-state index contributed by atoms with van der Waals surface area (Å²) in [5.41, 5.74) is 3.55. The number of rotatable bonds is 3. The Morgan fingerprint density at radius 3 is 2.95 bits per heavy atom. The van der Waals surface area contributed by atoms with Crippen molar-refractivity contribution in [2.75, 3.05) is 6.54 Å². The topological polar surface area (TPSA) is 41.9 Å². The third-order valence-electron chi connectivity index (χ3n) is 3.80. The van der Waals surface area contributed by atoms with E-state index in [1.807, 2.05) is 12.3 Å². The van der Waals surface area contributed by atoms with Gasteiger partial charge < -0.3 is 0 Å². The van der Waals surface area contributed by atoms with Crippen LogP contribution < -0.4 is 0 Å². The van der Waals surface area contributed by atoms with Crippen molar-refractivity contribution in [3.63, 3.8) is 0 Å². The van der Waals surface area contributed by atoms with E-state index in [4.69, 9.17) is 16.6 Å². The van der Waals surface area contributed by atoms with Crippen LogP contribution in [0.3, 0.4) is 0 Å². The Balaban J connectivity index is 1.74. The van der Waals surface area contributed by atoms with E-state index in [1.54, 1.807) is 12.4 Å². The molecule has 0 aliphatic carbocycles. The fourth-order valence-corrected chi connectivity index (χ4v) is 2.76. The number of aromatic nitrogens is 3. The highest BCUT2D eigenvalue weighted by Gasteiger charge is 2.19. The second-order valence-electron chi connectivity index (χ2n) is 5.78. The third-order valence-corrected chi connectivity index (χ3v) is 4.14. The van der Waals surface area contributed by atoms with E-state index in [0.717, 1.165) is 42.5 Å². The lowest BCUT2D eigenvalue weighted by molar-refractivity contribution is 0.242. The molecule has 0 unspecified atom stereocenters. The highest BCUT2D eigenvalue weighted by Crippen LogP contribution is 2.22. The maximum Gasteiger partial charge on any atom is 0.131 e. The molecule has 5 heteroatoms. The van der Waals surface area contributed by atoms with Crippen LogP contribution in [0.15, 0.2) is 24.7 Å². The van der Waals surface area contributed by atoms with Gasteiger partial charge in [0.2, 0.25) is 0 Å². The van der Waals surface area contributed by atoms with E-state index >= 15 is 0 Å². The van der Waals surface area contributed by atoms with E-state index in [0.29, 0.717) is 5.92 Å². The van der Waals surface area contributed by atoms with Crippen LogP contribution in [0.25, 0.3) is 0 Å². The Hall–Kier alpha value is -1.52. The molecule has 0 saturated heterocycles. The predicted octanol–water partition coefficient (Wildman–Crippen LogP) is 3.21. The zero-order valence-corrected chi connectivity index (χ0v) is 13.1. The predicted molar refractivity (Wildman–Crippen MR) is 83.2 cm³/mol. The van der Waals surface area contributed by atoms with Gasteiger partial charge in [-0.3, -0.25) is 9.88 Å². The van der Waals surface area contributed by atoms with Gasteiger partial charge in [0, 0.05) is 61.8 Å². The lowest BCUT2D eigenvalue weighted by Crippen LogP contribution is -2.31. The summed E-state index contributed by atoms with van der Waals surface area (Å²) in [5.74, 6) is 1.32.